The number of aromatic nitrogens is 2. The third-order valence-corrected chi connectivity index (χ3v) is 5.10. The Hall–Kier alpha value is -1.74. The number of benzene rings is 2. The maximum atomic E-state index is 4.90. The maximum absolute atomic E-state index is 4.90. The molecule has 0 spiro atoms. The van der Waals surface area contributed by atoms with Crippen molar-refractivity contribution < 1.29 is 0 Å². The minimum atomic E-state index is 0.336. The van der Waals surface area contributed by atoms with Crippen LogP contribution >= 0.6 is 11.8 Å². The number of rotatable bonds is 5. The molecule has 0 radical (unpaired) electrons. The normalized spacial score (nSPS) is 13.3. The summed E-state index contributed by atoms with van der Waals surface area (Å²) in [6.07, 6.45) is 1.17. The van der Waals surface area contributed by atoms with Gasteiger partial charge in [0.05, 0.1) is 17.6 Å². The summed E-state index contributed by atoms with van der Waals surface area (Å²) >= 11 is 1.89. The number of thioether (sulfide) groups is 1. The van der Waals surface area contributed by atoms with Crippen LogP contribution in [-0.2, 0) is 6.54 Å². The first-order chi connectivity index (χ1) is 11.4. The van der Waals surface area contributed by atoms with Crippen LogP contribution in [-0.4, -0.2) is 14.8 Å². The molecule has 24 heavy (non-hydrogen) atoms. The van der Waals surface area contributed by atoms with Gasteiger partial charge in [0.15, 0.2) is 5.16 Å². The number of imidazole rings is 1. The van der Waals surface area contributed by atoms with Crippen LogP contribution in [0.5, 0.6) is 0 Å². The Bertz CT molecular complexity index is 800. The molecule has 3 heteroatoms. The van der Waals surface area contributed by atoms with Crippen LogP contribution in [0.25, 0.3) is 11.0 Å². The average molecular weight is 339 g/mol. The van der Waals surface area contributed by atoms with Gasteiger partial charge >= 0.3 is 0 Å². The quantitative estimate of drug-likeness (QED) is 0.531. The van der Waals surface area contributed by atoms with Crippen molar-refractivity contribution in [1.82, 2.24) is 9.55 Å². The molecule has 0 aliphatic rings. The second-order valence-corrected chi connectivity index (χ2v) is 9.05. The molecule has 2 nitrogen and oxygen atoms in total. The van der Waals surface area contributed by atoms with Crippen molar-refractivity contribution in [1.29, 1.82) is 0 Å². The smallest absolute Gasteiger partial charge is 0.169 e. The van der Waals surface area contributed by atoms with E-state index in [0.29, 0.717) is 10.7 Å². The van der Waals surface area contributed by atoms with Crippen LogP contribution < -0.4 is 0 Å². The van der Waals surface area contributed by atoms with Crippen LogP contribution in [0.1, 0.15) is 39.7 Å². The molecule has 0 fully saturated rings. The van der Waals surface area contributed by atoms with E-state index in [1.807, 2.05) is 11.8 Å². The Balaban J connectivity index is 1.93. The Kier molecular flexibility index (Phi) is 5.00. The minimum Gasteiger partial charge on any atom is -0.314 e. The minimum absolute atomic E-state index is 0.336. The van der Waals surface area contributed by atoms with Crippen LogP contribution in [0.2, 0.25) is 0 Å². The molecular weight excluding hydrogens is 312 g/mol. The predicted octanol–water partition coefficient (Wildman–Crippen LogP) is 6.00. The van der Waals surface area contributed by atoms with Crippen molar-refractivity contribution in [3.05, 3.63) is 60.2 Å². The second-order valence-electron chi connectivity index (χ2n) is 7.65. The predicted molar refractivity (Wildman–Crippen MR) is 105 cm³/mol. The molecule has 1 atom stereocenters. The summed E-state index contributed by atoms with van der Waals surface area (Å²) in [7, 11) is 0. The van der Waals surface area contributed by atoms with E-state index in [-0.39, 0.29) is 0 Å². The van der Waals surface area contributed by atoms with E-state index in [1.165, 1.54) is 17.5 Å². The van der Waals surface area contributed by atoms with Crippen LogP contribution in [0.3, 0.4) is 0 Å². The van der Waals surface area contributed by atoms with Crippen LogP contribution in [0.4, 0.5) is 0 Å². The highest BCUT2D eigenvalue weighted by molar-refractivity contribution is 7.99. The Labute approximate surface area is 149 Å². The summed E-state index contributed by atoms with van der Waals surface area (Å²) in [6, 6.07) is 19.1. The summed E-state index contributed by atoms with van der Waals surface area (Å²) < 4.78 is 2.36. The van der Waals surface area contributed by atoms with E-state index in [2.05, 4.69) is 86.9 Å². The molecule has 0 unspecified atom stereocenters. The first-order valence-corrected chi connectivity index (χ1v) is 9.46. The lowest BCUT2D eigenvalue weighted by Crippen LogP contribution is -2.13. The van der Waals surface area contributed by atoms with Crippen molar-refractivity contribution in [2.75, 3.05) is 0 Å². The number of nitrogens with zero attached hydrogens (tertiary/aromatic N) is 2. The molecule has 0 saturated carbocycles. The largest absolute Gasteiger partial charge is 0.314 e. The highest BCUT2D eigenvalue weighted by Gasteiger charge is 2.19. The Morgan fingerprint density at radius 1 is 1.00 bits per heavy atom. The van der Waals surface area contributed by atoms with Gasteiger partial charge in [-0.3, -0.25) is 0 Å². The molecule has 0 aliphatic heterocycles. The van der Waals surface area contributed by atoms with E-state index >= 15 is 0 Å². The lowest BCUT2D eigenvalue weighted by atomic mass is 9.91. The molecular formula is C21H26N2S. The average Bonchev–Trinajstić information content (AvgIpc) is 2.84. The first kappa shape index (κ1) is 17.1. The fraction of sp³-hybridized carbons (Fsp3) is 0.381. The molecule has 126 valence electrons. The topological polar surface area (TPSA) is 17.8 Å². The summed E-state index contributed by atoms with van der Waals surface area (Å²) in [5.74, 6) is 0. The van der Waals surface area contributed by atoms with Gasteiger partial charge in [-0.15, -0.1) is 0 Å². The second kappa shape index (κ2) is 7.02. The first-order valence-electron chi connectivity index (χ1n) is 8.58. The van der Waals surface area contributed by atoms with Gasteiger partial charge in [-0.05, 0) is 29.5 Å². The van der Waals surface area contributed by atoms with Crippen molar-refractivity contribution in [3.63, 3.8) is 0 Å². The number of hydrogen-bond donors (Lipinski definition) is 0. The molecule has 0 amide bonds. The van der Waals surface area contributed by atoms with Gasteiger partial charge in [-0.1, -0.05) is 81.9 Å². The summed E-state index contributed by atoms with van der Waals surface area (Å²) in [6.45, 7) is 10.1. The van der Waals surface area contributed by atoms with Crippen LogP contribution in [0, 0.1) is 5.41 Å². The van der Waals surface area contributed by atoms with E-state index in [4.69, 9.17) is 4.98 Å². The van der Waals surface area contributed by atoms with Gasteiger partial charge in [0.25, 0.3) is 0 Å². The van der Waals surface area contributed by atoms with Gasteiger partial charge < -0.3 is 4.57 Å². The summed E-state index contributed by atoms with van der Waals surface area (Å²) in [5.41, 5.74) is 3.94. The number of hydrogen-bond acceptors (Lipinski definition) is 2. The van der Waals surface area contributed by atoms with Gasteiger partial charge in [0, 0.05) is 5.25 Å². The van der Waals surface area contributed by atoms with E-state index < -0.39 is 0 Å². The lowest BCUT2D eigenvalue weighted by Gasteiger charge is -2.22. The summed E-state index contributed by atoms with van der Waals surface area (Å²) in [5, 5.41) is 1.66. The molecule has 1 aromatic heterocycles. The molecule has 0 aliphatic carbocycles. The molecule has 3 rings (SSSR count). The SMILES string of the molecule is C[C@H](CC(C)(C)C)Sc1nc2ccccc2n1Cc1ccccc1. The zero-order valence-corrected chi connectivity index (χ0v) is 15.8. The van der Waals surface area contributed by atoms with E-state index in [0.717, 1.165) is 17.2 Å². The molecule has 0 N–H and O–H groups in total. The molecule has 0 bridgehead atoms. The molecule has 2 aromatic carbocycles. The lowest BCUT2D eigenvalue weighted by molar-refractivity contribution is 0.378. The molecule has 3 aromatic rings. The van der Waals surface area contributed by atoms with Crippen molar-refractivity contribution in [2.24, 2.45) is 5.41 Å². The monoisotopic (exact) mass is 338 g/mol. The molecule has 1 heterocycles. The Morgan fingerprint density at radius 2 is 1.67 bits per heavy atom. The fourth-order valence-corrected chi connectivity index (χ4v) is 4.53. The van der Waals surface area contributed by atoms with Crippen molar-refractivity contribution in [2.45, 2.75) is 51.1 Å². The third kappa shape index (κ3) is 4.21. The Morgan fingerprint density at radius 3 is 2.38 bits per heavy atom. The van der Waals surface area contributed by atoms with Crippen LogP contribution in [0.15, 0.2) is 59.8 Å². The summed E-state index contributed by atoms with van der Waals surface area (Å²) in [4.78, 5) is 4.90. The van der Waals surface area contributed by atoms with E-state index in [1.54, 1.807) is 0 Å². The van der Waals surface area contributed by atoms with Gasteiger partial charge in [-0.25, -0.2) is 4.98 Å². The van der Waals surface area contributed by atoms with Crippen molar-refractivity contribution in [3.8, 4) is 0 Å². The highest BCUT2D eigenvalue weighted by Crippen LogP contribution is 2.33. The zero-order valence-electron chi connectivity index (χ0n) is 15.0. The fourth-order valence-electron chi connectivity index (χ4n) is 3.15. The zero-order chi connectivity index (χ0) is 17.2. The third-order valence-electron chi connectivity index (χ3n) is 4.01. The maximum Gasteiger partial charge on any atom is 0.169 e. The van der Waals surface area contributed by atoms with Gasteiger partial charge in [0.1, 0.15) is 0 Å². The number of para-hydroxylation sites is 2. The standard InChI is InChI=1S/C21H26N2S/c1-16(14-21(2,3)4)24-20-22-18-12-8-9-13-19(18)23(20)15-17-10-6-5-7-11-17/h5-13,16H,14-15H2,1-4H3/t16-/m1/s1. The van der Waals surface area contributed by atoms with Gasteiger partial charge in [0.2, 0.25) is 0 Å². The molecule has 0 saturated heterocycles. The highest BCUT2D eigenvalue weighted by atomic mass is 32.2. The van der Waals surface area contributed by atoms with Crippen molar-refractivity contribution >= 4 is 22.8 Å². The van der Waals surface area contributed by atoms with E-state index in [9.17, 15) is 0 Å². The van der Waals surface area contributed by atoms with Gasteiger partial charge in [-0.2, -0.15) is 0 Å². The number of fused-ring (bicyclic) bond motifs is 1.